The van der Waals surface area contributed by atoms with Gasteiger partial charge in [-0.25, -0.2) is 0 Å². The zero-order chi connectivity index (χ0) is 14.6. The Morgan fingerprint density at radius 1 is 1.40 bits per heavy atom. The number of rotatable bonds is 5. The van der Waals surface area contributed by atoms with Gasteiger partial charge in [0.2, 0.25) is 0 Å². The van der Waals surface area contributed by atoms with E-state index in [2.05, 4.69) is 0 Å². The summed E-state index contributed by atoms with van der Waals surface area (Å²) in [5, 5.41) is 9.79. The van der Waals surface area contributed by atoms with E-state index in [0.717, 1.165) is 11.8 Å². The van der Waals surface area contributed by atoms with Gasteiger partial charge in [-0.15, -0.1) is 0 Å². The van der Waals surface area contributed by atoms with Crippen molar-refractivity contribution in [3.8, 4) is 0 Å². The van der Waals surface area contributed by atoms with Crippen molar-refractivity contribution < 1.29 is 19.4 Å². The summed E-state index contributed by atoms with van der Waals surface area (Å²) >= 11 is 0. The van der Waals surface area contributed by atoms with Crippen LogP contribution in [0.25, 0.3) is 0 Å². The van der Waals surface area contributed by atoms with Crippen LogP contribution in [0.2, 0.25) is 0 Å². The van der Waals surface area contributed by atoms with E-state index in [1.807, 2.05) is 44.2 Å². The minimum atomic E-state index is -0.867. The van der Waals surface area contributed by atoms with Gasteiger partial charge in [-0.05, 0) is 5.56 Å². The maximum absolute atomic E-state index is 10.8. The van der Waals surface area contributed by atoms with E-state index in [1.54, 1.807) is 0 Å². The van der Waals surface area contributed by atoms with E-state index in [0.29, 0.717) is 13.0 Å². The summed E-state index contributed by atoms with van der Waals surface area (Å²) in [5.74, 6) is 0. The van der Waals surface area contributed by atoms with Gasteiger partial charge in [0.15, 0.2) is 6.29 Å². The van der Waals surface area contributed by atoms with Gasteiger partial charge in [-0.3, -0.25) is 0 Å². The molecule has 1 aromatic carbocycles. The average molecular weight is 278 g/mol. The van der Waals surface area contributed by atoms with Crippen LogP contribution in [0.3, 0.4) is 0 Å². The molecule has 0 bridgehead atoms. The summed E-state index contributed by atoms with van der Waals surface area (Å²) in [4.78, 5) is 10.8. The second kappa shape index (κ2) is 6.48. The molecule has 0 amide bonds. The quantitative estimate of drug-likeness (QED) is 0.840. The molecule has 0 saturated carbocycles. The summed E-state index contributed by atoms with van der Waals surface area (Å²) in [5.41, 5.74) is 0.783. The molecule has 1 fully saturated rings. The fourth-order valence-corrected chi connectivity index (χ4v) is 2.62. The van der Waals surface area contributed by atoms with Crippen molar-refractivity contribution in [1.29, 1.82) is 0 Å². The van der Waals surface area contributed by atoms with Crippen molar-refractivity contribution >= 4 is 6.29 Å². The lowest BCUT2D eigenvalue weighted by Crippen LogP contribution is -2.51. The SMILES string of the molecule is CC1(C)[C@H](OCc2ccccc2)C[C@H](O)O[C@@H]1CC=O. The molecule has 2 rings (SSSR count). The predicted octanol–water partition coefficient (Wildman–Crippen LogP) is 2.29. The standard InChI is InChI=1S/C16H22O4/c1-16(2)13(8-9-17)20-15(18)10-14(16)19-11-12-6-4-3-5-7-12/h3-7,9,13-15,18H,8,10-11H2,1-2H3/t13-,14-,15-/m1/s1. The normalized spacial score (nSPS) is 29.1. The number of carbonyl (C=O) groups excluding carboxylic acids is 1. The Morgan fingerprint density at radius 2 is 2.10 bits per heavy atom. The van der Waals surface area contributed by atoms with Gasteiger partial charge in [0.05, 0.1) is 18.8 Å². The van der Waals surface area contributed by atoms with Crippen molar-refractivity contribution in [2.24, 2.45) is 5.41 Å². The molecule has 1 aliphatic heterocycles. The molecule has 4 nitrogen and oxygen atoms in total. The average Bonchev–Trinajstić information content (AvgIpc) is 2.42. The van der Waals surface area contributed by atoms with E-state index in [9.17, 15) is 9.90 Å². The Balaban J connectivity index is 2.03. The molecule has 1 saturated heterocycles. The highest BCUT2D eigenvalue weighted by molar-refractivity contribution is 5.50. The molecule has 3 atom stereocenters. The highest BCUT2D eigenvalue weighted by Gasteiger charge is 2.44. The van der Waals surface area contributed by atoms with Crippen molar-refractivity contribution in [1.82, 2.24) is 0 Å². The molecule has 0 spiro atoms. The first-order chi connectivity index (χ1) is 9.54. The van der Waals surface area contributed by atoms with Crippen molar-refractivity contribution in [3.63, 3.8) is 0 Å². The zero-order valence-electron chi connectivity index (χ0n) is 12.0. The topological polar surface area (TPSA) is 55.8 Å². The predicted molar refractivity (Wildman–Crippen MR) is 75.0 cm³/mol. The molecule has 0 unspecified atom stereocenters. The van der Waals surface area contributed by atoms with Crippen molar-refractivity contribution in [3.05, 3.63) is 35.9 Å². The molecule has 0 aromatic heterocycles. The van der Waals surface area contributed by atoms with Gasteiger partial charge in [-0.2, -0.15) is 0 Å². The largest absolute Gasteiger partial charge is 0.373 e. The lowest BCUT2D eigenvalue weighted by atomic mass is 9.76. The van der Waals surface area contributed by atoms with E-state index >= 15 is 0 Å². The van der Waals surface area contributed by atoms with Crippen LogP contribution in [-0.2, 0) is 20.9 Å². The van der Waals surface area contributed by atoms with Crippen molar-refractivity contribution in [2.45, 2.75) is 51.8 Å². The maximum Gasteiger partial charge on any atom is 0.157 e. The van der Waals surface area contributed by atoms with E-state index < -0.39 is 6.29 Å². The Morgan fingerprint density at radius 3 is 2.75 bits per heavy atom. The molecule has 1 aromatic rings. The van der Waals surface area contributed by atoms with Crippen molar-refractivity contribution in [2.75, 3.05) is 0 Å². The fourth-order valence-electron chi connectivity index (χ4n) is 2.62. The number of aliphatic hydroxyl groups is 1. The third-order valence-corrected chi connectivity index (χ3v) is 4.00. The van der Waals surface area contributed by atoms with Gasteiger partial charge in [0.25, 0.3) is 0 Å². The minimum absolute atomic E-state index is 0.142. The van der Waals surface area contributed by atoms with Gasteiger partial charge < -0.3 is 19.4 Å². The minimum Gasteiger partial charge on any atom is -0.373 e. The van der Waals surface area contributed by atoms with E-state index in [1.165, 1.54) is 0 Å². The first-order valence-electron chi connectivity index (χ1n) is 6.96. The molecular formula is C16H22O4. The van der Waals surface area contributed by atoms with Crippen LogP contribution in [0, 0.1) is 5.41 Å². The molecule has 110 valence electrons. The summed E-state index contributed by atoms with van der Waals surface area (Å²) in [6.45, 7) is 4.53. The Hall–Kier alpha value is -1.23. The Labute approximate surface area is 119 Å². The number of ether oxygens (including phenoxy) is 2. The first kappa shape index (κ1) is 15.2. The smallest absolute Gasteiger partial charge is 0.157 e. The Kier molecular flexibility index (Phi) is 4.91. The van der Waals surface area contributed by atoms with Gasteiger partial charge in [0, 0.05) is 18.3 Å². The third-order valence-electron chi connectivity index (χ3n) is 4.00. The first-order valence-corrected chi connectivity index (χ1v) is 6.96. The molecule has 1 heterocycles. The van der Waals surface area contributed by atoms with E-state index in [4.69, 9.17) is 9.47 Å². The number of benzene rings is 1. The molecule has 0 aliphatic carbocycles. The van der Waals surface area contributed by atoms with Crippen LogP contribution in [0.5, 0.6) is 0 Å². The van der Waals surface area contributed by atoms with E-state index in [-0.39, 0.29) is 24.0 Å². The Bertz CT molecular complexity index is 429. The summed E-state index contributed by atoms with van der Waals surface area (Å²) in [7, 11) is 0. The van der Waals surface area contributed by atoms with Gasteiger partial charge in [0.1, 0.15) is 6.29 Å². The maximum atomic E-state index is 10.8. The second-order valence-corrected chi connectivity index (χ2v) is 5.82. The second-order valence-electron chi connectivity index (χ2n) is 5.82. The molecule has 0 radical (unpaired) electrons. The van der Waals surface area contributed by atoms with Gasteiger partial charge in [-0.1, -0.05) is 44.2 Å². The lowest BCUT2D eigenvalue weighted by molar-refractivity contribution is -0.250. The number of hydrogen-bond donors (Lipinski definition) is 1. The zero-order valence-corrected chi connectivity index (χ0v) is 12.0. The number of aldehydes is 1. The number of hydrogen-bond acceptors (Lipinski definition) is 4. The van der Waals surface area contributed by atoms with Crippen LogP contribution >= 0.6 is 0 Å². The highest BCUT2D eigenvalue weighted by Crippen LogP contribution is 2.39. The van der Waals surface area contributed by atoms with Gasteiger partial charge >= 0.3 is 0 Å². The third kappa shape index (κ3) is 3.45. The monoisotopic (exact) mass is 278 g/mol. The van der Waals surface area contributed by atoms with Crippen LogP contribution in [0.4, 0.5) is 0 Å². The summed E-state index contributed by atoms with van der Waals surface area (Å²) in [6.07, 6.45) is 0.207. The van der Waals surface area contributed by atoms with Crippen LogP contribution in [0.1, 0.15) is 32.3 Å². The van der Waals surface area contributed by atoms with Crippen LogP contribution in [0.15, 0.2) is 30.3 Å². The molecule has 20 heavy (non-hydrogen) atoms. The molecular weight excluding hydrogens is 256 g/mol. The molecule has 1 aliphatic rings. The number of carbonyl (C=O) groups is 1. The van der Waals surface area contributed by atoms with Crippen LogP contribution < -0.4 is 0 Å². The number of aliphatic hydroxyl groups excluding tert-OH is 1. The summed E-state index contributed by atoms with van der Waals surface area (Å²) in [6, 6.07) is 9.92. The fraction of sp³-hybridized carbons (Fsp3) is 0.562. The summed E-state index contributed by atoms with van der Waals surface area (Å²) < 4.78 is 11.4. The highest BCUT2D eigenvalue weighted by atomic mass is 16.6. The molecule has 1 N–H and O–H groups in total. The molecule has 4 heteroatoms. The van der Waals surface area contributed by atoms with Crippen LogP contribution in [-0.4, -0.2) is 29.9 Å². The lowest BCUT2D eigenvalue weighted by Gasteiger charge is -2.45.